The van der Waals surface area contributed by atoms with Crippen molar-refractivity contribution in [1.29, 1.82) is 0 Å². The zero-order valence-corrected chi connectivity index (χ0v) is 15.9. The number of nitrogens with zero attached hydrogens (tertiary/aromatic N) is 5. The number of pyridine rings is 1. The standard InChI is InChI=1S/C20H20N6O2/c1-12-6-7-13(2)15(9-12)10-22-17(27)11-25-16-5-4-8-21-18(16)26-14(3)23-24-19(26)20(25)28/h4-9H,10-11H2,1-3H3,(H,22,27). The summed E-state index contributed by atoms with van der Waals surface area (Å²) in [4.78, 5) is 29.8. The molecule has 0 aliphatic carbocycles. The number of carbonyl (C=O) groups excluding carboxylic acids is 1. The molecule has 0 saturated carbocycles. The summed E-state index contributed by atoms with van der Waals surface area (Å²) in [5.74, 6) is 0.316. The molecule has 1 N–H and O–H groups in total. The maximum absolute atomic E-state index is 12.9. The topological polar surface area (TPSA) is 94.2 Å². The fourth-order valence-corrected chi connectivity index (χ4v) is 3.30. The molecule has 1 amide bonds. The van der Waals surface area contributed by atoms with Gasteiger partial charge in [0.15, 0.2) is 5.65 Å². The van der Waals surface area contributed by atoms with Crippen LogP contribution in [-0.2, 0) is 17.9 Å². The van der Waals surface area contributed by atoms with Crippen LogP contribution in [0, 0.1) is 20.8 Å². The lowest BCUT2D eigenvalue weighted by Crippen LogP contribution is -2.33. The fourth-order valence-electron chi connectivity index (χ4n) is 3.30. The van der Waals surface area contributed by atoms with Gasteiger partial charge in [0.1, 0.15) is 12.4 Å². The maximum atomic E-state index is 12.9. The van der Waals surface area contributed by atoms with E-state index in [9.17, 15) is 9.59 Å². The number of hydrogen-bond acceptors (Lipinski definition) is 5. The Balaban J connectivity index is 1.67. The summed E-state index contributed by atoms with van der Waals surface area (Å²) < 4.78 is 3.01. The second-order valence-electron chi connectivity index (χ2n) is 6.85. The van der Waals surface area contributed by atoms with E-state index in [1.807, 2.05) is 32.0 Å². The number of amides is 1. The predicted octanol–water partition coefficient (Wildman–Crippen LogP) is 1.68. The number of aryl methyl sites for hydroxylation is 3. The molecule has 28 heavy (non-hydrogen) atoms. The van der Waals surface area contributed by atoms with Crippen LogP contribution in [0.5, 0.6) is 0 Å². The molecule has 0 atom stereocenters. The Bertz CT molecular complexity index is 1270. The van der Waals surface area contributed by atoms with E-state index in [2.05, 4.69) is 20.5 Å². The number of benzene rings is 1. The van der Waals surface area contributed by atoms with Crippen LogP contribution in [-0.4, -0.2) is 30.1 Å². The molecular weight excluding hydrogens is 356 g/mol. The predicted molar refractivity (Wildman–Crippen MR) is 105 cm³/mol. The van der Waals surface area contributed by atoms with E-state index in [-0.39, 0.29) is 23.7 Å². The number of rotatable bonds is 4. The first-order chi connectivity index (χ1) is 13.5. The molecule has 0 aliphatic heterocycles. The van der Waals surface area contributed by atoms with E-state index in [0.29, 0.717) is 23.5 Å². The Morgan fingerprint density at radius 2 is 1.93 bits per heavy atom. The Kier molecular flexibility index (Phi) is 4.38. The van der Waals surface area contributed by atoms with Gasteiger partial charge in [-0.3, -0.25) is 18.6 Å². The molecule has 0 radical (unpaired) electrons. The molecule has 3 aromatic heterocycles. The van der Waals surface area contributed by atoms with Crippen LogP contribution >= 0.6 is 0 Å². The number of hydrogen-bond donors (Lipinski definition) is 1. The Hall–Kier alpha value is -3.55. The molecule has 4 aromatic rings. The molecule has 3 heterocycles. The van der Waals surface area contributed by atoms with E-state index in [0.717, 1.165) is 16.7 Å². The monoisotopic (exact) mass is 376 g/mol. The van der Waals surface area contributed by atoms with Crippen LogP contribution in [0.1, 0.15) is 22.5 Å². The van der Waals surface area contributed by atoms with Crippen molar-refractivity contribution in [3.8, 4) is 0 Å². The molecule has 0 bridgehead atoms. The fraction of sp³-hybridized carbons (Fsp3) is 0.250. The minimum atomic E-state index is -0.372. The molecule has 8 nitrogen and oxygen atoms in total. The second kappa shape index (κ2) is 6.88. The van der Waals surface area contributed by atoms with Crippen molar-refractivity contribution >= 4 is 22.7 Å². The van der Waals surface area contributed by atoms with E-state index >= 15 is 0 Å². The molecule has 0 aliphatic rings. The minimum absolute atomic E-state index is 0.117. The van der Waals surface area contributed by atoms with Crippen LogP contribution < -0.4 is 10.9 Å². The third-order valence-corrected chi connectivity index (χ3v) is 4.81. The van der Waals surface area contributed by atoms with Crippen LogP contribution in [0.25, 0.3) is 16.8 Å². The summed E-state index contributed by atoms with van der Waals surface area (Å²) in [5.41, 5.74) is 4.19. The van der Waals surface area contributed by atoms with Gasteiger partial charge in [0, 0.05) is 12.7 Å². The second-order valence-corrected chi connectivity index (χ2v) is 6.85. The van der Waals surface area contributed by atoms with Crippen molar-refractivity contribution in [2.24, 2.45) is 0 Å². The van der Waals surface area contributed by atoms with E-state index in [1.54, 1.807) is 29.7 Å². The lowest BCUT2D eigenvalue weighted by Gasteiger charge is -2.12. The van der Waals surface area contributed by atoms with Crippen molar-refractivity contribution < 1.29 is 4.79 Å². The molecule has 0 saturated heterocycles. The molecular formula is C20H20N6O2. The zero-order chi connectivity index (χ0) is 19.8. The highest BCUT2D eigenvalue weighted by Crippen LogP contribution is 2.13. The van der Waals surface area contributed by atoms with Gasteiger partial charge in [-0.2, -0.15) is 0 Å². The van der Waals surface area contributed by atoms with Crippen LogP contribution in [0.15, 0.2) is 41.3 Å². The molecule has 142 valence electrons. The SMILES string of the molecule is Cc1ccc(C)c(CNC(=O)Cn2c(=O)c3nnc(C)n3c3ncccc32)c1. The maximum Gasteiger partial charge on any atom is 0.297 e. The third kappa shape index (κ3) is 3.02. The van der Waals surface area contributed by atoms with Gasteiger partial charge in [-0.05, 0) is 44.0 Å². The summed E-state index contributed by atoms with van der Waals surface area (Å²) in [6.07, 6.45) is 1.64. The first-order valence-electron chi connectivity index (χ1n) is 8.98. The number of nitrogens with one attached hydrogen (secondary N) is 1. The van der Waals surface area contributed by atoms with Crippen molar-refractivity contribution in [3.63, 3.8) is 0 Å². The third-order valence-electron chi connectivity index (χ3n) is 4.81. The highest BCUT2D eigenvalue weighted by molar-refractivity contribution is 5.80. The Morgan fingerprint density at radius 1 is 1.11 bits per heavy atom. The van der Waals surface area contributed by atoms with Crippen molar-refractivity contribution in [2.75, 3.05) is 0 Å². The number of aromatic nitrogens is 5. The summed E-state index contributed by atoms with van der Waals surface area (Å²) in [6.45, 7) is 6.07. The van der Waals surface area contributed by atoms with Crippen LogP contribution in [0.3, 0.4) is 0 Å². The summed E-state index contributed by atoms with van der Waals surface area (Å²) in [6, 6.07) is 9.61. The van der Waals surface area contributed by atoms with Crippen molar-refractivity contribution in [3.05, 3.63) is 69.4 Å². The molecule has 0 spiro atoms. The van der Waals surface area contributed by atoms with Gasteiger partial charge in [-0.25, -0.2) is 4.98 Å². The zero-order valence-electron chi connectivity index (χ0n) is 15.9. The van der Waals surface area contributed by atoms with Gasteiger partial charge < -0.3 is 5.32 Å². The highest BCUT2D eigenvalue weighted by Gasteiger charge is 2.17. The molecule has 0 fully saturated rings. The summed E-state index contributed by atoms with van der Waals surface area (Å²) >= 11 is 0. The van der Waals surface area contributed by atoms with Gasteiger partial charge in [-0.1, -0.05) is 23.8 Å². The molecule has 8 heteroatoms. The van der Waals surface area contributed by atoms with Gasteiger partial charge >= 0.3 is 0 Å². The number of fused-ring (bicyclic) bond motifs is 3. The number of carbonyl (C=O) groups is 1. The van der Waals surface area contributed by atoms with Gasteiger partial charge in [-0.15, -0.1) is 10.2 Å². The quantitative estimate of drug-likeness (QED) is 0.585. The van der Waals surface area contributed by atoms with E-state index in [4.69, 9.17) is 0 Å². The average Bonchev–Trinajstić information content (AvgIpc) is 3.08. The van der Waals surface area contributed by atoms with Crippen molar-refractivity contribution in [1.82, 2.24) is 29.5 Å². The smallest absolute Gasteiger partial charge is 0.297 e. The Morgan fingerprint density at radius 3 is 2.75 bits per heavy atom. The first kappa shape index (κ1) is 17.8. The molecule has 0 unspecified atom stereocenters. The normalized spacial score (nSPS) is 11.2. The van der Waals surface area contributed by atoms with Crippen molar-refractivity contribution in [2.45, 2.75) is 33.9 Å². The lowest BCUT2D eigenvalue weighted by molar-refractivity contribution is -0.121. The summed E-state index contributed by atoms with van der Waals surface area (Å²) in [7, 11) is 0. The Labute approximate surface area is 160 Å². The molecule has 4 rings (SSSR count). The van der Waals surface area contributed by atoms with Gasteiger partial charge in [0.05, 0.1) is 5.52 Å². The largest absolute Gasteiger partial charge is 0.350 e. The van der Waals surface area contributed by atoms with E-state index < -0.39 is 0 Å². The van der Waals surface area contributed by atoms with Gasteiger partial charge in [0.25, 0.3) is 5.56 Å². The average molecular weight is 376 g/mol. The minimum Gasteiger partial charge on any atom is -0.350 e. The van der Waals surface area contributed by atoms with Crippen LogP contribution in [0.4, 0.5) is 0 Å². The molecule has 1 aromatic carbocycles. The summed E-state index contributed by atoms with van der Waals surface area (Å²) in [5, 5.41) is 10.8. The highest BCUT2D eigenvalue weighted by atomic mass is 16.2. The van der Waals surface area contributed by atoms with Gasteiger partial charge in [0.2, 0.25) is 11.6 Å². The first-order valence-corrected chi connectivity index (χ1v) is 8.98. The van der Waals surface area contributed by atoms with E-state index in [1.165, 1.54) is 4.57 Å². The van der Waals surface area contributed by atoms with Crippen LogP contribution in [0.2, 0.25) is 0 Å². The lowest BCUT2D eigenvalue weighted by atomic mass is 10.1.